The fraction of sp³-hybridized carbons (Fsp3) is 0.385. The molecule has 3 atom stereocenters. The maximum atomic E-state index is 11.8. The van der Waals surface area contributed by atoms with Crippen LogP contribution < -0.4 is 11.1 Å². The van der Waals surface area contributed by atoms with E-state index in [-0.39, 0.29) is 17.9 Å². The zero-order valence-corrected chi connectivity index (χ0v) is 11.4. The van der Waals surface area contributed by atoms with Gasteiger partial charge >= 0.3 is 5.97 Å². The lowest BCUT2D eigenvalue weighted by molar-refractivity contribution is -0.144. The number of aliphatic hydroxyl groups is 1. The molecule has 2 unspecified atom stereocenters. The molecule has 8 heteroatoms. The summed E-state index contributed by atoms with van der Waals surface area (Å²) in [6, 6.07) is 1.48. The topological polar surface area (TPSA) is 153 Å². The fourth-order valence-corrected chi connectivity index (χ4v) is 1.69. The average molecular weight is 298 g/mol. The molecular weight excluding hydrogens is 280 g/mol. The second-order valence-corrected chi connectivity index (χ2v) is 4.70. The summed E-state index contributed by atoms with van der Waals surface area (Å²) in [6.07, 6.45) is -1.23. The largest absolute Gasteiger partial charge is 0.504 e. The van der Waals surface area contributed by atoms with Gasteiger partial charge in [-0.05, 0) is 31.0 Å². The number of carboxylic acids is 1. The lowest BCUT2D eigenvalue weighted by Gasteiger charge is -2.19. The Morgan fingerprint density at radius 3 is 2.38 bits per heavy atom. The molecule has 1 aromatic rings. The SMILES string of the molecule is CC(O)C(NC(=O)[C@@H](N)Cc1ccc(O)c(O)c1)C(=O)O. The summed E-state index contributed by atoms with van der Waals surface area (Å²) < 4.78 is 0. The molecule has 0 spiro atoms. The molecule has 7 N–H and O–H groups in total. The molecule has 0 heterocycles. The number of hydrogen-bond acceptors (Lipinski definition) is 6. The number of hydrogen-bond donors (Lipinski definition) is 6. The minimum absolute atomic E-state index is 0.0336. The van der Waals surface area contributed by atoms with Gasteiger partial charge < -0.3 is 31.5 Å². The predicted molar refractivity (Wildman–Crippen MR) is 72.7 cm³/mol. The van der Waals surface area contributed by atoms with Crippen molar-refractivity contribution in [3.63, 3.8) is 0 Å². The number of phenolic OH excluding ortho intramolecular Hbond substituents is 2. The summed E-state index contributed by atoms with van der Waals surface area (Å²) >= 11 is 0. The van der Waals surface area contributed by atoms with Gasteiger partial charge in [-0.25, -0.2) is 4.79 Å². The van der Waals surface area contributed by atoms with Crippen LogP contribution in [0.25, 0.3) is 0 Å². The second-order valence-electron chi connectivity index (χ2n) is 4.70. The first kappa shape index (κ1) is 16.7. The first-order valence-corrected chi connectivity index (χ1v) is 6.20. The van der Waals surface area contributed by atoms with Crippen molar-refractivity contribution in [2.45, 2.75) is 31.5 Å². The number of aromatic hydroxyl groups is 2. The van der Waals surface area contributed by atoms with Gasteiger partial charge in [0.15, 0.2) is 17.5 Å². The molecule has 21 heavy (non-hydrogen) atoms. The normalized spacial score (nSPS) is 15.0. The number of nitrogens with two attached hydrogens (primary N) is 1. The molecule has 1 amide bonds. The molecule has 0 fully saturated rings. The summed E-state index contributed by atoms with van der Waals surface area (Å²) in [6.45, 7) is 1.24. The Morgan fingerprint density at radius 2 is 1.90 bits per heavy atom. The van der Waals surface area contributed by atoms with Crippen molar-refractivity contribution < 1.29 is 30.0 Å². The number of phenols is 2. The smallest absolute Gasteiger partial charge is 0.328 e. The predicted octanol–water partition coefficient (Wildman–Crippen LogP) is -1.08. The summed E-state index contributed by atoms with van der Waals surface area (Å²) in [5, 5.41) is 38.8. The van der Waals surface area contributed by atoms with Crippen molar-refractivity contribution in [1.29, 1.82) is 0 Å². The van der Waals surface area contributed by atoms with Gasteiger partial charge in [-0.2, -0.15) is 0 Å². The van der Waals surface area contributed by atoms with Crippen LogP contribution >= 0.6 is 0 Å². The number of nitrogens with one attached hydrogen (secondary N) is 1. The number of carbonyl (C=O) groups excluding carboxylic acids is 1. The minimum atomic E-state index is -1.45. The van der Waals surface area contributed by atoms with Crippen LogP contribution in [0.1, 0.15) is 12.5 Å². The molecule has 0 aromatic heterocycles. The number of aliphatic hydroxyl groups excluding tert-OH is 1. The van der Waals surface area contributed by atoms with E-state index in [0.29, 0.717) is 5.56 Å². The van der Waals surface area contributed by atoms with E-state index in [9.17, 15) is 24.9 Å². The Balaban J connectivity index is 2.69. The van der Waals surface area contributed by atoms with E-state index in [0.717, 1.165) is 0 Å². The number of aliphatic carboxylic acids is 1. The van der Waals surface area contributed by atoms with Crippen molar-refractivity contribution >= 4 is 11.9 Å². The Kier molecular flexibility index (Phi) is 5.51. The van der Waals surface area contributed by atoms with E-state index in [1.807, 2.05) is 0 Å². The van der Waals surface area contributed by atoms with Crippen LogP contribution in [-0.4, -0.2) is 50.5 Å². The molecule has 8 nitrogen and oxygen atoms in total. The summed E-state index contributed by atoms with van der Waals surface area (Å²) in [4.78, 5) is 22.7. The van der Waals surface area contributed by atoms with Gasteiger partial charge in [0, 0.05) is 0 Å². The third-order valence-electron chi connectivity index (χ3n) is 2.88. The molecule has 0 saturated carbocycles. The first-order chi connectivity index (χ1) is 9.72. The van der Waals surface area contributed by atoms with Crippen LogP contribution in [0, 0.1) is 0 Å². The molecule has 0 aliphatic rings. The zero-order chi connectivity index (χ0) is 16.2. The lowest BCUT2D eigenvalue weighted by atomic mass is 10.0. The number of carbonyl (C=O) groups is 2. The zero-order valence-electron chi connectivity index (χ0n) is 11.4. The Hall–Kier alpha value is -2.32. The van der Waals surface area contributed by atoms with Gasteiger partial charge in [0.25, 0.3) is 0 Å². The molecule has 0 aliphatic carbocycles. The van der Waals surface area contributed by atoms with E-state index in [1.54, 1.807) is 0 Å². The molecule has 116 valence electrons. The van der Waals surface area contributed by atoms with Gasteiger partial charge in [0.2, 0.25) is 5.91 Å². The molecule has 0 saturated heterocycles. The second kappa shape index (κ2) is 6.91. The first-order valence-electron chi connectivity index (χ1n) is 6.20. The van der Waals surface area contributed by atoms with Crippen molar-refractivity contribution in [3.05, 3.63) is 23.8 Å². The minimum Gasteiger partial charge on any atom is -0.504 e. The Morgan fingerprint density at radius 1 is 1.29 bits per heavy atom. The third kappa shape index (κ3) is 4.62. The van der Waals surface area contributed by atoms with E-state index in [1.165, 1.54) is 25.1 Å². The van der Waals surface area contributed by atoms with Gasteiger partial charge in [-0.1, -0.05) is 6.07 Å². The highest BCUT2D eigenvalue weighted by Gasteiger charge is 2.27. The monoisotopic (exact) mass is 298 g/mol. The molecular formula is C13H18N2O6. The Bertz CT molecular complexity index is 531. The fourth-order valence-electron chi connectivity index (χ4n) is 1.69. The third-order valence-corrected chi connectivity index (χ3v) is 2.88. The van der Waals surface area contributed by atoms with Gasteiger partial charge in [0.05, 0.1) is 12.1 Å². The van der Waals surface area contributed by atoms with E-state index < -0.39 is 30.1 Å². The number of carboxylic acid groups (broad SMARTS) is 1. The highest BCUT2D eigenvalue weighted by molar-refractivity contribution is 5.87. The van der Waals surface area contributed by atoms with Crippen molar-refractivity contribution in [1.82, 2.24) is 5.32 Å². The van der Waals surface area contributed by atoms with E-state index in [2.05, 4.69) is 5.32 Å². The van der Waals surface area contributed by atoms with Gasteiger partial charge in [-0.15, -0.1) is 0 Å². The van der Waals surface area contributed by atoms with Crippen LogP contribution in [0.15, 0.2) is 18.2 Å². The summed E-state index contributed by atoms with van der Waals surface area (Å²) in [7, 11) is 0. The number of rotatable bonds is 6. The average Bonchev–Trinajstić information content (AvgIpc) is 2.39. The molecule has 1 rings (SSSR count). The highest BCUT2D eigenvalue weighted by Crippen LogP contribution is 2.25. The van der Waals surface area contributed by atoms with Crippen LogP contribution in [0.3, 0.4) is 0 Å². The van der Waals surface area contributed by atoms with E-state index in [4.69, 9.17) is 10.8 Å². The molecule has 0 aliphatic heterocycles. The van der Waals surface area contributed by atoms with Crippen molar-refractivity contribution in [2.24, 2.45) is 5.73 Å². The van der Waals surface area contributed by atoms with Crippen LogP contribution in [0.2, 0.25) is 0 Å². The van der Waals surface area contributed by atoms with Crippen LogP contribution in [-0.2, 0) is 16.0 Å². The maximum absolute atomic E-state index is 11.8. The molecule has 0 radical (unpaired) electrons. The highest BCUT2D eigenvalue weighted by atomic mass is 16.4. The summed E-state index contributed by atoms with van der Waals surface area (Å²) in [5.74, 6) is -2.74. The maximum Gasteiger partial charge on any atom is 0.328 e. The number of amides is 1. The van der Waals surface area contributed by atoms with Gasteiger partial charge in [0.1, 0.15) is 0 Å². The van der Waals surface area contributed by atoms with E-state index >= 15 is 0 Å². The number of benzene rings is 1. The molecule has 1 aromatic carbocycles. The quantitative estimate of drug-likeness (QED) is 0.365. The van der Waals surface area contributed by atoms with Crippen LogP contribution in [0.4, 0.5) is 0 Å². The standard InChI is InChI=1S/C13H18N2O6/c1-6(16)11(13(20)21)15-12(19)8(14)4-7-2-3-9(17)10(18)5-7/h2-3,5-6,8,11,16-18H,4,14H2,1H3,(H,15,19)(H,20,21)/t6?,8-,11?/m0/s1. The Labute approximate surface area is 120 Å². The lowest BCUT2D eigenvalue weighted by Crippen LogP contribution is -2.53. The van der Waals surface area contributed by atoms with Crippen molar-refractivity contribution in [2.75, 3.05) is 0 Å². The van der Waals surface area contributed by atoms with Crippen molar-refractivity contribution in [3.8, 4) is 11.5 Å². The van der Waals surface area contributed by atoms with Gasteiger partial charge in [-0.3, -0.25) is 4.79 Å². The summed E-state index contributed by atoms with van der Waals surface area (Å²) in [5.41, 5.74) is 6.15. The molecule has 0 bridgehead atoms. The van der Waals surface area contributed by atoms with Crippen LogP contribution in [0.5, 0.6) is 11.5 Å².